The molecule has 2 fully saturated rings. The van der Waals surface area contributed by atoms with Crippen LogP contribution in [0.25, 0.3) is 0 Å². The van der Waals surface area contributed by atoms with Crippen molar-refractivity contribution in [3.05, 3.63) is 34.9 Å². The lowest BCUT2D eigenvalue weighted by atomic mass is 9.51. The third-order valence-electron chi connectivity index (χ3n) is 10.4. The summed E-state index contributed by atoms with van der Waals surface area (Å²) in [6, 6.07) is 0. The van der Waals surface area contributed by atoms with Gasteiger partial charge in [0.15, 0.2) is 0 Å². The number of allylic oxidation sites excluding steroid dienone is 3. The molecule has 0 radical (unpaired) electrons. The zero-order valence-corrected chi connectivity index (χ0v) is 20.3. The van der Waals surface area contributed by atoms with Crippen LogP contribution in [-0.2, 0) is 4.74 Å². The third kappa shape index (κ3) is 2.88. The maximum Gasteiger partial charge on any atom is 0.118 e. The van der Waals surface area contributed by atoms with Crippen LogP contribution in [0.15, 0.2) is 34.9 Å². The van der Waals surface area contributed by atoms with Crippen molar-refractivity contribution in [1.29, 1.82) is 0 Å². The van der Waals surface area contributed by atoms with E-state index in [1.807, 2.05) is 0 Å². The SMILES string of the molecule is CC(C)[C@@H](C)/C=C/[C@@H](C)[C@H]1CC=C2C3=C(CC[C@@]21C)[C@@]1(C)CC[C@H](O)C[C@@]12O[C@H]2[C@H]3O. The second kappa shape index (κ2) is 7.05. The molecule has 1 saturated carbocycles. The van der Waals surface area contributed by atoms with Crippen molar-refractivity contribution in [1.82, 2.24) is 0 Å². The van der Waals surface area contributed by atoms with Gasteiger partial charge in [0.2, 0.25) is 0 Å². The second-order valence-electron chi connectivity index (χ2n) is 12.2. The highest BCUT2D eigenvalue weighted by Gasteiger charge is 2.75. The lowest BCUT2D eigenvalue weighted by Gasteiger charge is -2.53. The Morgan fingerprint density at radius 1 is 1.10 bits per heavy atom. The molecule has 5 rings (SSSR count). The largest absolute Gasteiger partial charge is 0.393 e. The Morgan fingerprint density at radius 2 is 1.84 bits per heavy atom. The molecule has 1 spiro atoms. The van der Waals surface area contributed by atoms with Gasteiger partial charge in [-0.2, -0.15) is 0 Å². The summed E-state index contributed by atoms with van der Waals surface area (Å²) < 4.78 is 6.30. The highest BCUT2D eigenvalue weighted by Crippen LogP contribution is 2.71. The van der Waals surface area contributed by atoms with E-state index in [9.17, 15) is 10.2 Å². The number of epoxide rings is 1. The normalized spacial score (nSPS) is 48.1. The average molecular weight is 427 g/mol. The quantitative estimate of drug-likeness (QED) is 0.456. The maximum atomic E-state index is 11.5. The van der Waals surface area contributed by atoms with E-state index in [0.29, 0.717) is 30.1 Å². The van der Waals surface area contributed by atoms with E-state index in [4.69, 9.17) is 4.74 Å². The van der Waals surface area contributed by atoms with E-state index >= 15 is 0 Å². The Morgan fingerprint density at radius 3 is 2.55 bits per heavy atom. The van der Waals surface area contributed by atoms with E-state index in [2.05, 4.69) is 59.8 Å². The molecule has 3 nitrogen and oxygen atoms in total. The zero-order chi connectivity index (χ0) is 22.3. The van der Waals surface area contributed by atoms with Crippen LogP contribution in [0.1, 0.15) is 80.1 Å². The molecular formula is C28H42O3. The van der Waals surface area contributed by atoms with E-state index < -0.39 is 6.10 Å². The van der Waals surface area contributed by atoms with E-state index in [1.54, 1.807) is 0 Å². The third-order valence-corrected chi connectivity index (χ3v) is 10.4. The van der Waals surface area contributed by atoms with Gasteiger partial charge < -0.3 is 14.9 Å². The maximum absolute atomic E-state index is 11.5. The number of fused-ring (bicyclic) bond motifs is 3. The molecule has 0 amide bonds. The predicted octanol–water partition coefficient (Wildman–Crippen LogP) is 5.58. The first-order chi connectivity index (χ1) is 14.5. The summed E-state index contributed by atoms with van der Waals surface area (Å²) >= 11 is 0. The van der Waals surface area contributed by atoms with E-state index in [0.717, 1.165) is 32.1 Å². The Kier molecular flexibility index (Phi) is 4.98. The van der Waals surface area contributed by atoms with Crippen LogP contribution in [0.3, 0.4) is 0 Å². The molecule has 2 N–H and O–H groups in total. The van der Waals surface area contributed by atoms with Crippen LogP contribution in [-0.4, -0.2) is 34.1 Å². The minimum Gasteiger partial charge on any atom is -0.393 e. The number of rotatable bonds is 4. The molecule has 0 unspecified atom stereocenters. The molecule has 31 heavy (non-hydrogen) atoms. The molecule has 0 aromatic rings. The topological polar surface area (TPSA) is 53.0 Å². The monoisotopic (exact) mass is 426 g/mol. The Labute approximate surface area is 188 Å². The van der Waals surface area contributed by atoms with Crippen LogP contribution < -0.4 is 0 Å². The molecule has 0 bridgehead atoms. The van der Waals surface area contributed by atoms with Gasteiger partial charge in [0.25, 0.3) is 0 Å². The number of hydrogen-bond acceptors (Lipinski definition) is 3. The first kappa shape index (κ1) is 21.9. The van der Waals surface area contributed by atoms with Crippen molar-refractivity contribution in [3.8, 4) is 0 Å². The molecule has 5 aliphatic rings. The smallest absolute Gasteiger partial charge is 0.118 e. The summed E-state index contributed by atoms with van der Waals surface area (Å²) in [5.41, 5.74) is 3.84. The van der Waals surface area contributed by atoms with Gasteiger partial charge in [-0.1, -0.05) is 65.3 Å². The highest BCUT2D eigenvalue weighted by molar-refractivity contribution is 5.56. The lowest BCUT2D eigenvalue weighted by Crippen LogP contribution is -2.53. The fourth-order valence-electron chi connectivity index (χ4n) is 7.79. The van der Waals surface area contributed by atoms with Crippen molar-refractivity contribution in [3.63, 3.8) is 0 Å². The number of aliphatic hydroxyl groups excluding tert-OH is 2. The van der Waals surface area contributed by atoms with E-state index in [-0.39, 0.29) is 28.6 Å². The molecule has 0 aromatic heterocycles. The standard InChI is InChI=1S/C28H42O3/c1-16(2)17(3)7-8-18(4)20-9-10-21-23-22(12-13-26(20,21)5)27(6)14-11-19(29)15-28(27)25(31-28)24(23)30/h7-8,10,16-20,24-25,29-30H,9,11-15H2,1-6H3/b8-7+/t17-,18+,19-,20+,24-,25-,26+,27+,28-/m0/s1. The molecule has 3 heteroatoms. The summed E-state index contributed by atoms with van der Waals surface area (Å²) in [6.45, 7) is 14.1. The molecule has 1 saturated heterocycles. The molecule has 172 valence electrons. The number of hydrogen-bond donors (Lipinski definition) is 2. The van der Waals surface area contributed by atoms with Crippen molar-refractivity contribution in [2.45, 2.75) is 104 Å². The Hall–Kier alpha value is -0.900. The summed E-state index contributed by atoms with van der Waals surface area (Å²) in [7, 11) is 0. The van der Waals surface area contributed by atoms with Crippen LogP contribution in [0, 0.1) is 34.5 Å². The fraction of sp³-hybridized carbons (Fsp3) is 0.786. The Bertz CT molecular complexity index is 852. The summed E-state index contributed by atoms with van der Waals surface area (Å²) in [4.78, 5) is 0. The number of ether oxygens (including phenoxy) is 1. The van der Waals surface area contributed by atoms with Crippen molar-refractivity contribution in [2.24, 2.45) is 34.5 Å². The van der Waals surface area contributed by atoms with Crippen LogP contribution in [0.5, 0.6) is 0 Å². The molecule has 1 heterocycles. The minimum absolute atomic E-state index is 0.0378. The molecule has 9 atom stereocenters. The zero-order valence-electron chi connectivity index (χ0n) is 20.3. The van der Waals surface area contributed by atoms with Gasteiger partial charge in [0.1, 0.15) is 17.8 Å². The van der Waals surface area contributed by atoms with Crippen LogP contribution >= 0.6 is 0 Å². The Balaban J connectivity index is 1.46. The van der Waals surface area contributed by atoms with Crippen molar-refractivity contribution >= 4 is 0 Å². The molecule has 4 aliphatic carbocycles. The van der Waals surface area contributed by atoms with Gasteiger partial charge in [-0.15, -0.1) is 0 Å². The molecule has 0 aromatic carbocycles. The number of aliphatic hydroxyl groups is 2. The van der Waals surface area contributed by atoms with Gasteiger partial charge in [-0.3, -0.25) is 0 Å². The van der Waals surface area contributed by atoms with Crippen LogP contribution in [0.4, 0.5) is 0 Å². The second-order valence-corrected chi connectivity index (χ2v) is 12.2. The highest BCUT2D eigenvalue weighted by atomic mass is 16.6. The van der Waals surface area contributed by atoms with Crippen molar-refractivity contribution < 1.29 is 14.9 Å². The van der Waals surface area contributed by atoms with E-state index in [1.165, 1.54) is 16.7 Å². The summed E-state index contributed by atoms with van der Waals surface area (Å²) in [5.74, 6) is 2.39. The molecular weight excluding hydrogens is 384 g/mol. The van der Waals surface area contributed by atoms with Gasteiger partial charge in [-0.25, -0.2) is 0 Å². The van der Waals surface area contributed by atoms with Gasteiger partial charge >= 0.3 is 0 Å². The minimum atomic E-state index is -0.537. The lowest BCUT2D eigenvalue weighted by molar-refractivity contribution is 0.00606. The molecule has 1 aliphatic heterocycles. The van der Waals surface area contributed by atoms with Gasteiger partial charge in [-0.05, 0) is 72.3 Å². The first-order valence-corrected chi connectivity index (χ1v) is 12.7. The average Bonchev–Trinajstić information content (AvgIpc) is 3.34. The van der Waals surface area contributed by atoms with Crippen LogP contribution in [0.2, 0.25) is 0 Å². The predicted molar refractivity (Wildman–Crippen MR) is 124 cm³/mol. The van der Waals surface area contributed by atoms with Crippen molar-refractivity contribution in [2.75, 3.05) is 0 Å². The van der Waals surface area contributed by atoms with Gasteiger partial charge in [0.05, 0.1) is 6.10 Å². The first-order valence-electron chi connectivity index (χ1n) is 12.7. The van der Waals surface area contributed by atoms with Gasteiger partial charge in [0, 0.05) is 11.8 Å². The summed E-state index contributed by atoms with van der Waals surface area (Å²) in [6.07, 6.45) is 12.2. The summed E-state index contributed by atoms with van der Waals surface area (Å²) in [5, 5.41) is 21.8. The fourth-order valence-corrected chi connectivity index (χ4v) is 7.79.